The molecule has 1 amide bonds. The largest absolute Gasteiger partial charge is 0.492 e. The number of aromatic nitrogens is 2. The third kappa shape index (κ3) is 4.20. The average Bonchev–Trinajstić information content (AvgIpc) is 3.19. The van der Waals surface area contributed by atoms with Gasteiger partial charge in [-0.3, -0.25) is 9.48 Å². The molecule has 1 fully saturated rings. The van der Waals surface area contributed by atoms with Crippen LogP contribution in [0, 0.1) is 13.8 Å². The van der Waals surface area contributed by atoms with Crippen LogP contribution in [-0.2, 0) is 11.2 Å². The Labute approximate surface area is 148 Å². The summed E-state index contributed by atoms with van der Waals surface area (Å²) in [5, 5.41) is 4.56. The predicted molar refractivity (Wildman–Crippen MR) is 96.6 cm³/mol. The topological polar surface area (TPSA) is 73.4 Å². The highest BCUT2D eigenvalue weighted by atomic mass is 16.5. The van der Waals surface area contributed by atoms with E-state index >= 15 is 0 Å². The quantitative estimate of drug-likeness (QED) is 0.869. The molecule has 0 saturated carbocycles. The highest BCUT2D eigenvalue weighted by Crippen LogP contribution is 2.24. The molecule has 3 rings (SSSR count). The fourth-order valence-corrected chi connectivity index (χ4v) is 3.39. The predicted octanol–water partition coefficient (Wildman–Crippen LogP) is 1.85. The van der Waals surface area contributed by atoms with Gasteiger partial charge < -0.3 is 15.4 Å². The summed E-state index contributed by atoms with van der Waals surface area (Å²) in [6.07, 6.45) is 1.34. The van der Waals surface area contributed by atoms with Gasteiger partial charge >= 0.3 is 0 Å². The lowest BCUT2D eigenvalue weighted by molar-refractivity contribution is -0.129. The summed E-state index contributed by atoms with van der Waals surface area (Å²) in [4.78, 5) is 14.6. The van der Waals surface area contributed by atoms with E-state index in [0.717, 1.165) is 42.2 Å². The molecule has 0 radical (unpaired) electrons. The summed E-state index contributed by atoms with van der Waals surface area (Å²) in [7, 11) is 0. The van der Waals surface area contributed by atoms with Gasteiger partial charge in [0.25, 0.3) is 0 Å². The molecule has 1 aliphatic rings. The summed E-state index contributed by atoms with van der Waals surface area (Å²) < 4.78 is 7.59. The molecular formula is C19H26N4O2. The monoisotopic (exact) mass is 342 g/mol. The molecule has 2 heterocycles. The highest BCUT2D eigenvalue weighted by molar-refractivity contribution is 5.79. The third-order valence-corrected chi connectivity index (χ3v) is 4.55. The van der Waals surface area contributed by atoms with Gasteiger partial charge in [0.15, 0.2) is 0 Å². The van der Waals surface area contributed by atoms with Crippen LogP contribution in [-0.4, -0.2) is 46.8 Å². The molecule has 0 spiro atoms. The maximum absolute atomic E-state index is 12.6. The zero-order chi connectivity index (χ0) is 17.8. The number of carbonyl (C=O) groups excluding carboxylic acids is 1. The van der Waals surface area contributed by atoms with Crippen LogP contribution in [0.1, 0.15) is 29.4 Å². The van der Waals surface area contributed by atoms with E-state index < -0.39 is 0 Å². The summed E-state index contributed by atoms with van der Waals surface area (Å²) in [6, 6.07) is 10.0. The first-order chi connectivity index (χ1) is 12.1. The van der Waals surface area contributed by atoms with Gasteiger partial charge in [-0.05, 0) is 44.0 Å². The number of ether oxygens (including phenoxy) is 1. The lowest BCUT2D eigenvalue weighted by Crippen LogP contribution is -2.30. The Hall–Kier alpha value is -2.34. The van der Waals surface area contributed by atoms with Crippen molar-refractivity contribution in [1.82, 2.24) is 14.7 Å². The number of aryl methyl sites for hydroxylation is 2. The Kier molecular flexibility index (Phi) is 5.38. The molecule has 1 aromatic heterocycles. The molecule has 2 aromatic rings. The Morgan fingerprint density at radius 1 is 1.36 bits per heavy atom. The normalized spacial score (nSPS) is 17.1. The first-order valence-corrected chi connectivity index (χ1v) is 8.79. The van der Waals surface area contributed by atoms with Crippen LogP contribution < -0.4 is 10.5 Å². The number of hydrogen-bond donors (Lipinski definition) is 1. The lowest BCUT2D eigenvalue weighted by atomic mass is 10.1. The Bertz CT molecular complexity index is 741. The van der Waals surface area contributed by atoms with Crippen molar-refractivity contribution in [2.45, 2.75) is 32.7 Å². The van der Waals surface area contributed by atoms with Crippen molar-refractivity contribution in [3.8, 4) is 5.75 Å². The molecule has 1 atom stereocenters. The zero-order valence-electron chi connectivity index (χ0n) is 14.9. The highest BCUT2D eigenvalue weighted by Gasteiger charge is 2.28. The van der Waals surface area contributed by atoms with Gasteiger partial charge in [0.2, 0.25) is 5.91 Å². The van der Waals surface area contributed by atoms with E-state index in [1.165, 1.54) is 0 Å². The maximum atomic E-state index is 12.6. The van der Waals surface area contributed by atoms with E-state index in [1.807, 2.05) is 36.1 Å². The minimum absolute atomic E-state index is 0.153. The van der Waals surface area contributed by atoms with Gasteiger partial charge in [0, 0.05) is 25.3 Å². The Morgan fingerprint density at radius 2 is 2.20 bits per heavy atom. The fourth-order valence-electron chi connectivity index (χ4n) is 3.39. The number of likely N-dealkylation sites (tertiary alicyclic amines) is 1. The number of nitrogens with two attached hydrogens (primary N) is 1. The summed E-state index contributed by atoms with van der Waals surface area (Å²) in [5.74, 6) is 0.915. The van der Waals surface area contributed by atoms with Crippen LogP contribution in [0.4, 0.5) is 0 Å². The molecule has 25 heavy (non-hydrogen) atoms. The SMILES string of the molecule is Cc1cc(C)n(C2CCN(C(=O)Cc3cccc(OCCN)c3)C2)n1. The summed E-state index contributed by atoms with van der Waals surface area (Å²) in [6.45, 7) is 6.53. The number of benzene rings is 1. The van der Waals surface area contributed by atoms with Crippen molar-refractivity contribution in [2.75, 3.05) is 26.2 Å². The van der Waals surface area contributed by atoms with E-state index in [0.29, 0.717) is 19.6 Å². The number of hydrogen-bond acceptors (Lipinski definition) is 4. The second-order valence-electron chi connectivity index (χ2n) is 6.62. The number of nitrogens with zero attached hydrogens (tertiary/aromatic N) is 3. The van der Waals surface area contributed by atoms with Crippen molar-refractivity contribution in [3.05, 3.63) is 47.3 Å². The average molecular weight is 342 g/mol. The molecule has 134 valence electrons. The molecule has 6 heteroatoms. The van der Waals surface area contributed by atoms with Crippen LogP contribution >= 0.6 is 0 Å². The van der Waals surface area contributed by atoms with Crippen molar-refractivity contribution in [3.63, 3.8) is 0 Å². The van der Waals surface area contributed by atoms with Gasteiger partial charge in [0.05, 0.1) is 18.2 Å². The number of carbonyl (C=O) groups is 1. The van der Waals surface area contributed by atoms with Crippen LogP contribution in [0.25, 0.3) is 0 Å². The maximum Gasteiger partial charge on any atom is 0.227 e. The molecule has 1 unspecified atom stereocenters. The van der Waals surface area contributed by atoms with Gasteiger partial charge in [-0.25, -0.2) is 0 Å². The second-order valence-corrected chi connectivity index (χ2v) is 6.62. The number of rotatable bonds is 6. The van der Waals surface area contributed by atoms with E-state index in [2.05, 4.69) is 22.8 Å². The van der Waals surface area contributed by atoms with Crippen LogP contribution in [0.15, 0.2) is 30.3 Å². The van der Waals surface area contributed by atoms with Crippen LogP contribution in [0.3, 0.4) is 0 Å². The van der Waals surface area contributed by atoms with Gasteiger partial charge in [-0.15, -0.1) is 0 Å². The molecule has 0 bridgehead atoms. The van der Waals surface area contributed by atoms with Crippen LogP contribution in [0.2, 0.25) is 0 Å². The van der Waals surface area contributed by atoms with Crippen molar-refractivity contribution >= 4 is 5.91 Å². The van der Waals surface area contributed by atoms with Crippen molar-refractivity contribution in [1.29, 1.82) is 0 Å². The van der Waals surface area contributed by atoms with E-state index in [1.54, 1.807) is 0 Å². The second kappa shape index (κ2) is 7.70. The minimum atomic E-state index is 0.153. The molecule has 2 N–H and O–H groups in total. The minimum Gasteiger partial charge on any atom is -0.492 e. The summed E-state index contributed by atoms with van der Waals surface area (Å²) in [5.41, 5.74) is 8.60. The van der Waals surface area contributed by atoms with Crippen molar-refractivity contribution in [2.24, 2.45) is 5.73 Å². The van der Waals surface area contributed by atoms with Crippen LogP contribution in [0.5, 0.6) is 5.75 Å². The van der Waals surface area contributed by atoms with E-state index in [4.69, 9.17) is 10.5 Å². The standard InChI is InChI=1S/C19H26N4O2/c1-14-10-15(2)23(21-14)17-6-8-22(13-17)19(24)12-16-4-3-5-18(11-16)25-9-7-20/h3-5,10-11,17H,6-9,12-13,20H2,1-2H3. The van der Waals surface area contributed by atoms with Gasteiger partial charge in [-0.2, -0.15) is 5.10 Å². The smallest absolute Gasteiger partial charge is 0.227 e. The van der Waals surface area contributed by atoms with E-state index in [-0.39, 0.29) is 11.9 Å². The van der Waals surface area contributed by atoms with Gasteiger partial charge in [0.1, 0.15) is 12.4 Å². The molecular weight excluding hydrogens is 316 g/mol. The molecule has 6 nitrogen and oxygen atoms in total. The first kappa shape index (κ1) is 17.5. The molecule has 1 saturated heterocycles. The third-order valence-electron chi connectivity index (χ3n) is 4.55. The van der Waals surface area contributed by atoms with Crippen molar-refractivity contribution < 1.29 is 9.53 Å². The van der Waals surface area contributed by atoms with E-state index in [9.17, 15) is 4.79 Å². The lowest BCUT2D eigenvalue weighted by Gasteiger charge is -2.18. The van der Waals surface area contributed by atoms with Gasteiger partial charge in [-0.1, -0.05) is 12.1 Å². The Morgan fingerprint density at radius 3 is 2.92 bits per heavy atom. The number of amides is 1. The fraction of sp³-hybridized carbons (Fsp3) is 0.474. The summed E-state index contributed by atoms with van der Waals surface area (Å²) >= 11 is 0. The molecule has 0 aliphatic carbocycles. The Balaban J connectivity index is 1.60. The zero-order valence-corrected chi connectivity index (χ0v) is 14.9. The molecule has 1 aliphatic heterocycles. The first-order valence-electron chi connectivity index (χ1n) is 8.79. The molecule has 1 aromatic carbocycles.